The van der Waals surface area contributed by atoms with E-state index in [0.29, 0.717) is 38.8 Å². The number of hydrogen-bond donors (Lipinski definition) is 8. The summed E-state index contributed by atoms with van der Waals surface area (Å²) in [4.78, 5) is 54.6. The number of carbonyl (C=O) groups is 4. The smallest absolute Gasteiger partial charge is 0.326 e. The van der Waals surface area contributed by atoms with E-state index in [1.165, 1.54) is 0 Å². The fourth-order valence-electron chi connectivity index (χ4n) is 4.45. The lowest BCUT2D eigenvalue weighted by Gasteiger charge is -2.27. The number of para-hydroxylation sites is 1. The first-order valence-electron chi connectivity index (χ1n) is 13.9. The van der Waals surface area contributed by atoms with Crippen LogP contribution in [0.4, 0.5) is 0 Å². The average Bonchev–Trinajstić information content (AvgIpc) is 3.33. The number of aliphatic carboxylic acids is 1. The number of carbonyl (C=O) groups excluding carboxylic acids is 3. The molecule has 2 aromatic rings. The van der Waals surface area contributed by atoms with E-state index < -0.39 is 47.9 Å². The summed E-state index contributed by atoms with van der Waals surface area (Å²) >= 11 is 0. The number of carboxylic acid groups (broad SMARTS) is 1. The summed E-state index contributed by atoms with van der Waals surface area (Å²) in [5.41, 5.74) is 18.7. The zero-order valence-corrected chi connectivity index (χ0v) is 23.4. The van der Waals surface area contributed by atoms with Crippen molar-refractivity contribution >= 4 is 34.6 Å². The quantitative estimate of drug-likeness (QED) is 0.120. The van der Waals surface area contributed by atoms with Crippen molar-refractivity contribution < 1.29 is 24.3 Å². The maximum absolute atomic E-state index is 13.4. The molecule has 12 heteroatoms. The van der Waals surface area contributed by atoms with Gasteiger partial charge in [-0.25, -0.2) is 4.79 Å². The molecule has 1 heterocycles. The number of carboxylic acids is 1. The molecule has 0 spiro atoms. The fourth-order valence-corrected chi connectivity index (χ4v) is 4.45. The third-order valence-corrected chi connectivity index (χ3v) is 6.85. The molecule has 0 radical (unpaired) electrons. The van der Waals surface area contributed by atoms with Gasteiger partial charge in [-0.3, -0.25) is 14.4 Å². The summed E-state index contributed by atoms with van der Waals surface area (Å²) in [6.07, 6.45) is 5.08. The minimum atomic E-state index is -1.17. The van der Waals surface area contributed by atoms with Crippen LogP contribution in [0, 0.1) is 5.92 Å². The standard InChI is InChI=1S/C28H45N7O5/c1-17(2)24(35-25(36)20(31)10-5-7-13-29)27(38)34-23(15-18-16-32-21-11-4-3-9-19(18)21)26(37)33-22(28(39)40)12-6-8-14-30/h3-4,9,11,16-17,20,22-24,32H,5-8,10,12-15,29-31H2,1-2H3,(H,33,37)(H,34,38)(H,35,36)(H,39,40). The molecule has 0 fully saturated rings. The molecule has 12 nitrogen and oxygen atoms in total. The number of benzene rings is 1. The van der Waals surface area contributed by atoms with Gasteiger partial charge in [-0.15, -0.1) is 0 Å². The molecule has 3 amide bonds. The second kappa shape index (κ2) is 16.6. The number of fused-ring (bicyclic) bond motifs is 1. The molecule has 1 aromatic heterocycles. The van der Waals surface area contributed by atoms with Gasteiger partial charge in [0.1, 0.15) is 18.1 Å². The highest BCUT2D eigenvalue weighted by atomic mass is 16.4. The lowest BCUT2D eigenvalue weighted by atomic mass is 9.99. The van der Waals surface area contributed by atoms with Crippen molar-refractivity contribution in [3.8, 4) is 0 Å². The van der Waals surface area contributed by atoms with Crippen molar-refractivity contribution in [1.82, 2.24) is 20.9 Å². The molecule has 0 saturated carbocycles. The minimum absolute atomic E-state index is 0.105. The van der Waals surface area contributed by atoms with Crippen molar-refractivity contribution in [2.45, 2.75) is 83.0 Å². The zero-order valence-electron chi connectivity index (χ0n) is 23.4. The Morgan fingerprint density at radius 1 is 0.850 bits per heavy atom. The molecule has 11 N–H and O–H groups in total. The van der Waals surface area contributed by atoms with E-state index in [4.69, 9.17) is 17.2 Å². The van der Waals surface area contributed by atoms with Crippen LogP contribution in [0.3, 0.4) is 0 Å². The Kier molecular flexibility index (Phi) is 13.6. The van der Waals surface area contributed by atoms with E-state index in [9.17, 15) is 24.3 Å². The summed E-state index contributed by atoms with van der Waals surface area (Å²) < 4.78 is 0. The monoisotopic (exact) mass is 559 g/mol. The molecule has 0 aliphatic heterocycles. The fraction of sp³-hybridized carbons (Fsp3) is 0.571. The summed E-state index contributed by atoms with van der Waals surface area (Å²) in [6.45, 7) is 4.47. The first kappa shape index (κ1) is 32.7. The summed E-state index contributed by atoms with van der Waals surface area (Å²) in [5.74, 6) is -3.13. The van der Waals surface area contributed by atoms with E-state index in [1.807, 2.05) is 24.3 Å². The SMILES string of the molecule is CC(C)C(NC(=O)C(N)CCCCN)C(=O)NC(Cc1c[nH]c2ccccc12)C(=O)NC(CCCCN)C(=O)O. The zero-order chi connectivity index (χ0) is 29.7. The topological polar surface area (TPSA) is 218 Å². The van der Waals surface area contributed by atoms with E-state index in [0.717, 1.165) is 22.9 Å². The molecule has 0 bridgehead atoms. The van der Waals surface area contributed by atoms with Gasteiger partial charge in [0.25, 0.3) is 0 Å². The molecule has 0 saturated heterocycles. The van der Waals surface area contributed by atoms with Crippen molar-refractivity contribution in [3.05, 3.63) is 36.0 Å². The maximum atomic E-state index is 13.4. The van der Waals surface area contributed by atoms with Gasteiger partial charge in [-0.1, -0.05) is 38.5 Å². The van der Waals surface area contributed by atoms with Crippen LogP contribution in [0.15, 0.2) is 30.5 Å². The second-order valence-electron chi connectivity index (χ2n) is 10.4. The highest BCUT2D eigenvalue weighted by Crippen LogP contribution is 2.19. The number of aromatic amines is 1. The van der Waals surface area contributed by atoms with Crippen LogP contribution in [0.25, 0.3) is 10.9 Å². The van der Waals surface area contributed by atoms with E-state index >= 15 is 0 Å². The van der Waals surface area contributed by atoms with Crippen LogP contribution in [0.5, 0.6) is 0 Å². The summed E-state index contributed by atoms with van der Waals surface area (Å²) in [5, 5.41) is 18.6. The molecule has 4 unspecified atom stereocenters. The van der Waals surface area contributed by atoms with Crippen molar-refractivity contribution in [2.75, 3.05) is 13.1 Å². The third-order valence-electron chi connectivity index (χ3n) is 6.85. The number of nitrogens with two attached hydrogens (primary N) is 3. The summed E-state index contributed by atoms with van der Waals surface area (Å²) in [7, 11) is 0. The lowest BCUT2D eigenvalue weighted by molar-refractivity contribution is -0.142. The van der Waals surface area contributed by atoms with E-state index in [-0.39, 0.29) is 18.8 Å². The second-order valence-corrected chi connectivity index (χ2v) is 10.4. The largest absolute Gasteiger partial charge is 0.480 e. The third kappa shape index (κ3) is 9.92. The van der Waals surface area contributed by atoms with Crippen LogP contribution in [-0.4, -0.2) is 71.0 Å². The van der Waals surface area contributed by atoms with E-state index in [2.05, 4.69) is 20.9 Å². The number of amides is 3. The molecule has 222 valence electrons. The number of aromatic nitrogens is 1. The Bertz CT molecular complexity index is 1120. The first-order valence-corrected chi connectivity index (χ1v) is 13.9. The Morgan fingerprint density at radius 3 is 2.10 bits per heavy atom. The Hall–Kier alpha value is -3.48. The van der Waals surface area contributed by atoms with Gasteiger partial charge >= 0.3 is 5.97 Å². The molecule has 0 aliphatic carbocycles. The van der Waals surface area contributed by atoms with Crippen molar-refractivity contribution in [3.63, 3.8) is 0 Å². The molecule has 1 aromatic carbocycles. The number of unbranched alkanes of at least 4 members (excludes halogenated alkanes) is 2. The molecule has 40 heavy (non-hydrogen) atoms. The normalized spacial score (nSPS) is 14.3. The first-order chi connectivity index (χ1) is 19.1. The predicted octanol–water partition coefficient (Wildman–Crippen LogP) is 0.491. The van der Waals surface area contributed by atoms with Crippen LogP contribution in [-0.2, 0) is 25.6 Å². The minimum Gasteiger partial charge on any atom is -0.480 e. The summed E-state index contributed by atoms with van der Waals surface area (Å²) in [6, 6.07) is 3.56. The van der Waals surface area contributed by atoms with Gasteiger partial charge in [0.15, 0.2) is 0 Å². The Balaban J connectivity index is 2.24. The molecule has 0 aliphatic rings. The average molecular weight is 560 g/mol. The van der Waals surface area contributed by atoms with Crippen molar-refractivity contribution in [1.29, 1.82) is 0 Å². The molecule has 4 atom stereocenters. The van der Waals surface area contributed by atoms with Crippen LogP contribution < -0.4 is 33.2 Å². The number of rotatable bonds is 18. The van der Waals surface area contributed by atoms with Gasteiger partial charge < -0.3 is 43.2 Å². The van der Waals surface area contributed by atoms with Gasteiger partial charge in [0.2, 0.25) is 17.7 Å². The van der Waals surface area contributed by atoms with Crippen LogP contribution in [0.2, 0.25) is 0 Å². The lowest BCUT2D eigenvalue weighted by Crippen LogP contribution is -2.58. The van der Waals surface area contributed by atoms with Crippen LogP contribution >= 0.6 is 0 Å². The van der Waals surface area contributed by atoms with E-state index in [1.54, 1.807) is 20.0 Å². The van der Waals surface area contributed by atoms with Gasteiger partial charge in [0, 0.05) is 23.5 Å². The Morgan fingerprint density at radius 2 is 1.48 bits per heavy atom. The number of hydrogen-bond acceptors (Lipinski definition) is 7. The number of H-pyrrole nitrogens is 1. The van der Waals surface area contributed by atoms with Crippen molar-refractivity contribution in [2.24, 2.45) is 23.1 Å². The highest BCUT2D eigenvalue weighted by Gasteiger charge is 2.32. The molecular formula is C28H45N7O5. The molecular weight excluding hydrogens is 514 g/mol. The molecule has 2 rings (SSSR count). The maximum Gasteiger partial charge on any atom is 0.326 e. The van der Waals surface area contributed by atoms with Gasteiger partial charge in [-0.05, 0) is 62.7 Å². The van der Waals surface area contributed by atoms with Gasteiger partial charge in [0.05, 0.1) is 6.04 Å². The Labute approximate surface area is 235 Å². The number of nitrogens with one attached hydrogen (secondary N) is 4. The highest BCUT2D eigenvalue weighted by molar-refractivity contribution is 5.95. The van der Waals surface area contributed by atoms with Crippen LogP contribution in [0.1, 0.15) is 57.9 Å². The van der Waals surface area contributed by atoms with Gasteiger partial charge in [-0.2, -0.15) is 0 Å². The predicted molar refractivity (Wildman–Crippen MR) is 154 cm³/mol.